The molecule has 27 heavy (non-hydrogen) atoms. The first-order valence-corrected chi connectivity index (χ1v) is 10.4. The van der Waals surface area contributed by atoms with Gasteiger partial charge in [0.15, 0.2) is 0 Å². The molecule has 0 saturated carbocycles. The third-order valence-corrected chi connectivity index (χ3v) is 6.26. The fourth-order valence-corrected chi connectivity index (χ4v) is 4.38. The number of rotatable bonds is 7. The van der Waals surface area contributed by atoms with Gasteiger partial charge < -0.3 is 15.0 Å². The first kappa shape index (κ1) is 23.7. The second-order valence-corrected chi connectivity index (χ2v) is 8.62. The molecule has 1 fully saturated rings. The van der Waals surface area contributed by atoms with Crippen molar-refractivity contribution in [1.29, 1.82) is 0 Å². The van der Waals surface area contributed by atoms with Gasteiger partial charge in [-0.15, -0.1) is 12.4 Å². The van der Waals surface area contributed by atoms with Crippen LogP contribution in [-0.4, -0.2) is 58.6 Å². The Bertz CT molecular complexity index is 702. The second-order valence-electron chi connectivity index (χ2n) is 6.91. The molecule has 0 aromatic heterocycles. The monoisotopic (exact) mass is 419 g/mol. The van der Waals surface area contributed by atoms with Crippen LogP contribution in [0.2, 0.25) is 0 Å². The van der Waals surface area contributed by atoms with Gasteiger partial charge in [0.05, 0.1) is 12.0 Å². The zero-order chi connectivity index (χ0) is 19.3. The van der Waals surface area contributed by atoms with E-state index in [0.717, 1.165) is 12.8 Å². The molecule has 0 aliphatic carbocycles. The standard InChI is InChI=1S/C18H29N3O4S.ClH/c1-13(2)17(18(22)21-11-9-14(19-3)10-12-21)20-26(23,24)16-7-5-15(25-4)6-8-16;/h5-8,13-14,17,19-20H,9-12H2,1-4H3;1H. The number of hydrogen-bond acceptors (Lipinski definition) is 5. The Hall–Kier alpha value is -1.35. The van der Waals surface area contributed by atoms with Crippen LogP contribution < -0.4 is 14.8 Å². The fourth-order valence-electron chi connectivity index (χ4n) is 3.05. The fraction of sp³-hybridized carbons (Fsp3) is 0.611. The summed E-state index contributed by atoms with van der Waals surface area (Å²) >= 11 is 0. The number of amides is 1. The predicted molar refractivity (Wildman–Crippen MR) is 108 cm³/mol. The number of ether oxygens (including phenoxy) is 1. The third kappa shape index (κ3) is 6.07. The minimum Gasteiger partial charge on any atom is -0.497 e. The molecule has 2 rings (SSSR count). The van der Waals surface area contributed by atoms with E-state index in [4.69, 9.17) is 4.74 Å². The van der Waals surface area contributed by atoms with Crippen molar-refractivity contribution in [3.05, 3.63) is 24.3 Å². The molecule has 1 aliphatic rings. The summed E-state index contributed by atoms with van der Waals surface area (Å²) in [5.74, 6) is 0.261. The van der Waals surface area contributed by atoms with Crippen LogP contribution >= 0.6 is 12.4 Å². The van der Waals surface area contributed by atoms with E-state index < -0.39 is 16.1 Å². The Morgan fingerprint density at radius 2 is 1.74 bits per heavy atom. The lowest BCUT2D eigenvalue weighted by Crippen LogP contribution is -2.54. The molecule has 0 bridgehead atoms. The van der Waals surface area contributed by atoms with Crippen LogP contribution in [0.3, 0.4) is 0 Å². The average Bonchev–Trinajstić information content (AvgIpc) is 2.65. The van der Waals surface area contributed by atoms with Crippen molar-refractivity contribution in [3.63, 3.8) is 0 Å². The minimum atomic E-state index is -3.79. The van der Waals surface area contributed by atoms with E-state index in [9.17, 15) is 13.2 Å². The molecule has 0 radical (unpaired) electrons. The van der Waals surface area contributed by atoms with Gasteiger partial charge in [0.1, 0.15) is 11.8 Å². The predicted octanol–water partition coefficient (Wildman–Crippen LogP) is 1.63. The van der Waals surface area contributed by atoms with E-state index >= 15 is 0 Å². The van der Waals surface area contributed by atoms with Crippen molar-refractivity contribution in [2.75, 3.05) is 27.2 Å². The Labute approximate surface area is 168 Å². The van der Waals surface area contributed by atoms with Gasteiger partial charge in [-0.05, 0) is 50.1 Å². The van der Waals surface area contributed by atoms with Crippen molar-refractivity contribution < 1.29 is 17.9 Å². The van der Waals surface area contributed by atoms with E-state index in [1.807, 2.05) is 20.9 Å². The second kappa shape index (κ2) is 10.3. The number of hydrogen-bond donors (Lipinski definition) is 2. The molecule has 1 aromatic carbocycles. The van der Waals surface area contributed by atoms with Gasteiger partial charge in [-0.2, -0.15) is 4.72 Å². The highest BCUT2D eigenvalue weighted by molar-refractivity contribution is 7.89. The van der Waals surface area contributed by atoms with Crippen LogP contribution in [0.15, 0.2) is 29.2 Å². The molecule has 0 spiro atoms. The summed E-state index contributed by atoms with van der Waals surface area (Å²) in [6.45, 7) is 4.97. The molecule has 1 heterocycles. The Balaban J connectivity index is 0.00000364. The van der Waals surface area contributed by atoms with Gasteiger partial charge in [-0.25, -0.2) is 8.42 Å². The normalized spacial score (nSPS) is 16.7. The molecule has 1 amide bonds. The molecule has 1 saturated heterocycles. The van der Waals surface area contributed by atoms with E-state index in [1.165, 1.54) is 19.2 Å². The molecule has 9 heteroatoms. The third-order valence-electron chi connectivity index (χ3n) is 4.80. The average molecular weight is 420 g/mol. The maximum absolute atomic E-state index is 12.9. The van der Waals surface area contributed by atoms with Crippen LogP contribution in [0, 0.1) is 5.92 Å². The zero-order valence-corrected chi connectivity index (χ0v) is 17.9. The number of carbonyl (C=O) groups excluding carboxylic acids is 1. The largest absolute Gasteiger partial charge is 0.497 e. The summed E-state index contributed by atoms with van der Waals surface area (Å²) in [7, 11) is -0.355. The van der Waals surface area contributed by atoms with Crippen molar-refractivity contribution in [1.82, 2.24) is 14.9 Å². The van der Waals surface area contributed by atoms with Crippen molar-refractivity contribution in [3.8, 4) is 5.75 Å². The summed E-state index contributed by atoms with van der Waals surface area (Å²) in [6.07, 6.45) is 1.75. The number of carbonyl (C=O) groups is 1. The van der Waals surface area contributed by atoms with Crippen LogP contribution in [0.5, 0.6) is 5.75 Å². The number of nitrogens with one attached hydrogen (secondary N) is 2. The zero-order valence-electron chi connectivity index (χ0n) is 16.3. The Kier molecular flexibility index (Phi) is 9.01. The lowest BCUT2D eigenvalue weighted by atomic mass is 10.0. The molecule has 1 atom stereocenters. The van der Waals surface area contributed by atoms with Gasteiger partial charge >= 0.3 is 0 Å². The van der Waals surface area contributed by atoms with Gasteiger partial charge in [0.25, 0.3) is 0 Å². The van der Waals surface area contributed by atoms with Crippen molar-refractivity contribution >= 4 is 28.3 Å². The summed E-state index contributed by atoms with van der Waals surface area (Å²) in [5.41, 5.74) is 0. The number of benzene rings is 1. The van der Waals surface area contributed by atoms with E-state index in [1.54, 1.807) is 17.0 Å². The lowest BCUT2D eigenvalue weighted by molar-refractivity contribution is -0.135. The first-order chi connectivity index (χ1) is 12.3. The molecule has 1 unspecified atom stereocenters. The number of piperidine rings is 1. The Morgan fingerprint density at radius 3 is 2.19 bits per heavy atom. The highest BCUT2D eigenvalue weighted by Crippen LogP contribution is 2.19. The highest BCUT2D eigenvalue weighted by Gasteiger charge is 2.33. The lowest BCUT2D eigenvalue weighted by Gasteiger charge is -2.35. The topological polar surface area (TPSA) is 87.7 Å². The number of halogens is 1. The summed E-state index contributed by atoms with van der Waals surface area (Å²) in [5, 5.41) is 3.22. The van der Waals surface area contributed by atoms with Crippen molar-refractivity contribution in [2.45, 2.75) is 43.7 Å². The Morgan fingerprint density at radius 1 is 1.19 bits per heavy atom. The molecular weight excluding hydrogens is 390 g/mol. The van der Waals surface area contributed by atoms with E-state index in [0.29, 0.717) is 24.9 Å². The molecule has 7 nitrogen and oxygen atoms in total. The summed E-state index contributed by atoms with van der Waals surface area (Å²) in [4.78, 5) is 14.8. The number of nitrogens with zero attached hydrogens (tertiary/aromatic N) is 1. The molecule has 2 N–H and O–H groups in total. The van der Waals surface area contributed by atoms with Gasteiger partial charge in [0, 0.05) is 19.1 Å². The van der Waals surface area contributed by atoms with Crippen LogP contribution in [0.25, 0.3) is 0 Å². The van der Waals surface area contributed by atoms with E-state index in [-0.39, 0.29) is 29.1 Å². The number of methoxy groups -OCH3 is 1. The van der Waals surface area contributed by atoms with Crippen LogP contribution in [0.1, 0.15) is 26.7 Å². The van der Waals surface area contributed by atoms with Gasteiger partial charge in [-0.3, -0.25) is 4.79 Å². The smallest absolute Gasteiger partial charge is 0.241 e. The van der Waals surface area contributed by atoms with Gasteiger partial charge in [0.2, 0.25) is 15.9 Å². The highest BCUT2D eigenvalue weighted by atomic mass is 35.5. The van der Waals surface area contributed by atoms with Crippen LogP contribution in [0.4, 0.5) is 0 Å². The number of sulfonamides is 1. The summed E-state index contributed by atoms with van der Waals surface area (Å²) in [6, 6.07) is 5.75. The maximum Gasteiger partial charge on any atom is 0.241 e. The molecular formula is C18H30ClN3O4S. The maximum atomic E-state index is 12.9. The van der Waals surface area contributed by atoms with Crippen LogP contribution in [-0.2, 0) is 14.8 Å². The number of likely N-dealkylation sites (tertiary alicyclic amines) is 1. The molecule has 1 aromatic rings. The van der Waals surface area contributed by atoms with E-state index in [2.05, 4.69) is 10.0 Å². The quantitative estimate of drug-likeness (QED) is 0.701. The SMILES string of the molecule is CNC1CCN(C(=O)C(NS(=O)(=O)c2ccc(OC)cc2)C(C)C)CC1.Cl. The molecule has 154 valence electrons. The van der Waals surface area contributed by atoms with Gasteiger partial charge in [-0.1, -0.05) is 13.8 Å². The first-order valence-electron chi connectivity index (χ1n) is 8.91. The van der Waals surface area contributed by atoms with Crippen molar-refractivity contribution in [2.24, 2.45) is 5.92 Å². The summed E-state index contributed by atoms with van der Waals surface area (Å²) < 4.78 is 33.0. The molecule has 1 aliphatic heterocycles. The minimum absolute atomic E-state index is 0.